The molecule has 0 aliphatic carbocycles. The first-order valence-corrected chi connectivity index (χ1v) is 5.83. The molecule has 0 radical (unpaired) electrons. The fraction of sp³-hybridized carbons (Fsp3) is 0.538. The van der Waals surface area contributed by atoms with E-state index in [2.05, 4.69) is 5.32 Å². The van der Waals surface area contributed by atoms with Gasteiger partial charge in [-0.2, -0.15) is 0 Å². The first kappa shape index (κ1) is 13.8. The van der Waals surface area contributed by atoms with Gasteiger partial charge in [0.1, 0.15) is 6.61 Å². The number of hydrogen-bond acceptors (Lipinski definition) is 4. The summed E-state index contributed by atoms with van der Waals surface area (Å²) in [7, 11) is 1.62. The normalized spacial score (nSPS) is 12.2. The zero-order chi connectivity index (χ0) is 12.7. The van der Waals surface area contributed by atoms with Gasteiger partial charge in [-0.1, -0.05) is 13.0 Å². The predicted molar refractivity (Wildman–Crippen MR) is 67.8 cm³/mol. The van der Waals surface area contributed by atoms with E-state index in [1.807, 2.05) is 32.0 Å². The first-order chi connectivity index (χ1) is 8.21. The topological polar surface area (TPSA) is 50.7 Å². The molecule has 0 heterocycles. The lowest BCUT2D eigenvalue weighted by Gasteiger charge is -2.17. The number of methoxy groups -OCH3 is 1. The Bertz CT molecular complexity index is 341. The molecule has 0 spiro atoms. The van der Waals surface area contributed by atoms with E-state index in [-0.39, 0.29) is 12.6 Å². The van der Waals surface area contributed by atoms with Gasteiger partial charge in [-0.25, -0.2) is 0 Å². The summed E-state index contributed by atoms with van der Waals surface area (Å²) in [6.45, 7) is 5.28. The summed E-state index contributed by atoms with van der Waals surface area (Å²) in [4.78, 5) is 0. The fourth-order valence-electron chi connectivity index (χ4n) is 1.55. The highest BCUT2D eigenvalue weighted by Gasteiger charge is 2.09. The van der Waals surface area contributed by atoms with Crippen LogP contribution in [0, 0.1) is 6.92 Å². The molecule has 0 aliphatic rings. The van der Waals surface area contributed by atoms with E-state index in [1.165, 1.54) is 0 Å². The van der Waals surface area contributed by atoms with E-state index < -0.39 is 0 Å². The van der Waals surface area contributed by atoms with E-state index in [4.69, 9.17) is 14.6 Å². The van der Waals surface area contributed by atoms with Crippen LogP contribution in [0.1, 0.15) is 12.5 Å². The Hall–Kier alpha value is -1.26. The van der Waals surface area contributed by atoms with E-state index >= 15 is 0 Å². The van der Waals surface area contributed by atoms with Gasteiger partial charge < -0.3 is 19.9 Å². The molecule has 1 aromatic carbocycles. The van der Waals surface area contributed by atoms with Crippen LogP contribution in [0.2, 0.25) is 0 Å². The van der Waals surface area contributed by atoms with E-state index in [1.54, 1.807) is 7.11 Å². The first-order valence-electron chi connectivity index (χ1n) is 5.83. The summed E-state index contributed by atoms with van der Waals surface area (Å²) >= 11 is 0. The highest BCUT2D eigenvalue weighted by molar-refractivity contribution is 5.42. The third kappa shape index (κ3) is 4.24. The monoisotopic (exact) mass is 239 g/mol. The summed E-state index contributed by atoms with van der Waals surface area (Å²) in [6, 6.07) is 5.73. The van der Waals surface area contributed by atoms with Crippen molar-refractivity contribution in [3.8, 4) is 11.5 Å². The lowest BCUT2D eigenvalue weighted by molar-refractivity contribution is 0.181. The molecule has 17 heavy (non-hydrogen) atoms. The summed E-state index contributed by atoms with van der Waals surface area (Å²) in [5.41, 5.74) is 1.12. The zero-order valence-corrected chi connectivity index (χ0v) is 10.7. The van der Waals surface area contributed by atoms with Crippen LogP contribution in [0.5, 0.6) is 11.5 Å². The van der Waals surface area contributed by atoms with Crippen LogP contribution in [-0.2, 0) is 0 Å². The maximum absolute atomic E-state index is 9.13. The van der Waals surface area contributed by atoms with Crippen LogP contribution in [0.25, 0.3) is 0 Å². The Labute approximate surface area is 103 Å². The minimum Gasteiger partial charge on any atom is -0.493 e. The van der Waals surface area contributed by atoms with Crippen molar-refractivity contribution in [3.63, 3.8) is 0 Å². The van der Waals surface area contributed by atoms with Crippen LogP contribution in [0.4, 0.5) is 0 Å². The maximum atomic E-state index is 9.13. The van der Waals surface area contributed by atoms with E-state index in [0.717, 1.165) is 17.9 Å². The molecule has 0 saturated heterocycles. The van der Waals surface area contributed by atoms with Gasteiger partial charge in [-0.15, -0.1) is 0 Å². The van der Waals surface area contributed by atoms with Crippen LogP contribution in [0.15, 0.2) is 18.2 Å². The number of hydrogen-bond donors (Lipinski definition) is 2. The molecular weight excluding hydrogens is 218 g/mol. The molecule has 4 heteroatoms. The van der Waals surface area contributed by atoms with E-state index in [0.29, 0.717) is 12.4 Å². The van der Waals surface area contributed by atoms with Crippen molar-refractivity contribution in [2.24, 2.45) is 0 Å². The Morgan fingerprint density at radius 3 is 2.71 bits per heavy atom. The lowest BCUT2D eigenvalue weighted by Crippen LogP contribution is -2.37. The molecule has 0 bridgehead atoms. The third-order valence-corrected chi connectivity index (χ3v) is 2.47. The number of rotatable bonds is 7. The highest BCUT2D eigenvalue weighted by atomic mass is 16.5. The van der Waals surface area contributed by atoms with Gasteiger partial charge in [0, 0.05) is 0 Å². The molecule has 0 saturated carbocycles. The van der Waals surface area contributed by atoms with Crippen molar-refractivity contribution >= 4 is 0 Å². The van der Waals surface area contributed by atoms with Gasteiger partial charge in [0.05, 0.1) is 19.8 Å². The maximum Gasteiger partial charge on any atom is 0.161 e. The number of nitrogens with one attached hydrogen (secondary N) is 1. The van der Waals surface area contributed by atoms with Gasteiger partial charge in [-0.3, -0.25) is 0 Å². The highest BCUT2D eigenvalue weighted by Crippen LogP contribution is 2.27. The van der Waals surface area contributed by atoms with Gasteiger partial charge in [0.15, 0.2) is 11.5 Å². The number of aryl methyl sites for hydroxylation is 1. The largest absolute Gasteiger partial charge is 0.493 e. The van der Waals surface area contributed by atoms with Crippen molar-refractivity contribution < 1.29 is 14.6 Å². The van der Waals surface area contributed by atoms with Crippen molar-refractivity contribution in [3.05, 3.63) is 23.8 Å². The molecule has 0 aliphatic heterocycles. The summed E-state index contributed by atoms with van der Waals surface area (Å²) < 4.78 is 10.9. The van der Waals surface area contributed by atoms with Crippen molar-refractivity contribution in [1.82, 2.24) is 5.32 Å². The quantitative estimate of drug-likeness (QED) is 0.754. The van der Waals surface area contributed by atoms with Gasteiger partial charge in [-0.05, 0) is 31.2 Å². The SMILES string of the molecule is CCNC(CO)COc1ccc(C)cc1OC. The molecule has 0 fully saturated rings. The van der Waals surface area contributed by atoms with Crippen molar-refractivity contribution in [1.29, 1.82) is 0 Å². The molecule has 1 atom stereocenters. The lowest BCUT2D eigenvalue weighted by atomic mass is 10.2. The minimum atomic E-state index is -0.0500. The summed E-state index contributed by atoms with van der Waals surface area (Å²) in [6.07, 6.45) is 0. The Morgan fingerprint density at radius 1 is 1.35 bits per heavy atom. The molecular formula is C13H21NO3. The molecule has 96 valence electrons. The van der Waals surface area contributed by atoms with Gasteiger partial charge in [0.2, 0.25) is 0 Å². The summed E-state index contributed by atoms with van der Waals surface area (Å²) in [5, 5.41) is 12.3. The third-order valence-electron chi connectivity index (χ3n) is 2.47. The molecule has 0 amide bonds. The van der Waals surface area contributed by atoms with Crippen molar-refractivity contribution in [2.75, 3.05) is 26.9 Å². The second-order valence-corrected chi connectivity index (χ2v) is 3.90. The second-order valence-electron chi connectivity index (χ2n) is 3.90. The van der Waals surface area contributed by atoms with Crippen molar-refractivity contribution in [2.45, 2.75) is 19.9 Å². The number of likely N-dealkylation sites (N-methyl/N-ethyl adjacent to an activating group) is 1. The molecule has 1 unspecified atom stereocenters. The van der Waals surface area contributed by atoms with E-state index in [9.17, 15) is 0 Å². The Kier molecular flexibility index (Phi) is 5.80. The number of benzene rings is 1. The predicted octanol–water partition coefficient (Wildman–Crippen LogP) is 1.35. The Balaban J connectivity index is 2.61. The second kappa shape index (κ2) is 7.14. The molecule has 4 nitrogen and oxygen atoms in total. The molecule has 0 aromatic heterocycles. The minimum absolute atomic E-state index is 0.0500. The van der Waals surface area contributed by atoms with Gasteiger partial charge in [0.25, 0.3) is 0 Å². The van der Waals surface area contributed by atoms with Gasteiger partial charge >= 0.3 is 0 Å². The summed E-state index contributed by atoms with van der Waals surface area (Å²) in [5.74, 6) is 1.42. The molecule has 1 aromatic rings. The van der Waals surface area contributed by atoms with Crippen LogP contribution in [-0.4, -0.2) is 38.0 Å². The van der Waals surface area contributed by atoms with Crippen LogP contribution >= 0.6 is 0 Å². The molecule has 2 N–H and O–H groups in total. The van der Waals surface area contributed by atoms with Crippen LogP contribution in [0.3, 0.4) is 0 Å². The average molecular weight is 239 g/mol. The van der Waals surface area contributed by atoms with Crippen LogP contribution < -0.4 is 14.8 Å². The standard InChI is InChI=1S/C13H21NO3/c1-4-14-11(8-15)9-17-12-6-5-10(2)7-13(12)16-3/h5-7,11,14-15H,4,8-9H2,1-3H3. The number of aliphatic hydroxyl groups is 1. The zero-order valence-electron chi connectivity index (χ0n) is 10.7. The number of ether oxygens (including phenoxy) is 2. The number of aliphatic hydroxyl groups excluding tert-OH is 1. The fourth-order valence-corrected chi connectivity index (χ4v) is 1.55. The average Bonchev–Trinajstić information content (AvgIpc) is 2.35. The Morgan fingerprint density at radius 2 is 2.12 bits per heavy atom. The molecule has 1 rings (SSSR count). The smallest absolute Gasteiger partial charge is 0.161 e.